The lowest BCUT2D eigenvalue weighted by Gasteiger charge is -2.02. The van der Waals surface area contributed by atoms with Crippen LogP contribution in [-0.4, -0.2) is 27.5 Å². The van der Waals surface area contributed by atoms with E-state index < -0.39 is 11.2 Å². The summed E-state index contributed by atoms with van der Waals surface area (Å²) in [6.07, 6.45) is 3.08. The Morgan fingerprint density at radius 1 is 1.11 bits per heavy atom. The van der Waals surface area contributed by atoms with Crippen LogP contribution in [0.15, 0.2) is 69.8 Å². The third kappa shape index (κ3) is 3.23. The summed E-state index contributed by atoms with van der Waals surface area (Å²) >= 11 is 6.02. The van der Waals surface area contributed by atoms with Crippen molar-refractivity contribution in [1.29, 1.82) is 0 Å². The smallest absolute Gasteiger partial charge is 0.350 e. The van der Waals surface area contributed by atoms with Gasteiger partial charge in [-0.3, -0.25) is 4.79 Å². The molecule has 0 saturated heterocycles. The first kappa shape index (κ1) is 17.8. The van der Waals surface area contributed by atoms with E-state index in [1.807, 2.05) is 0 Å². The van der Waals surface area contributed by atoms with Gasteiger partial charge in [0.1, 0.15) is 17.9 Å². The third-order valence-electron chi connectivity index (χ3n) is 4.16. The molecular weight excluding hydrogens is 380 g/mol. The summed E-state index contributed by atoms with van der Waals surface area (Å²) in [5, 5.41) is 5.22. The summed E-state index contributed by atoms with van der Waals surface area (Å²) in [6.45, 7) is 4.00. The first-order valence-electron chi connectivity index (χ1n) is 8.41. The monoisotopic (exact) mass is 394 g/mol. The third-order valence-corrected chi connectivity index (χ3v) is 4.40. The zero-order valence-corrected chi connectivity index (χ0v) is 15.4. The maximum Gasteiger partial charge on any atom is 0.350 e. The van der Waals surface area contributed by atoms with Crippen LogP contribution >= 0.6 is 11.6 Å². The lowest BCUT2D eigenvalue weighted by molar-refractivity contribution is 0.363. The van der Waals surface area contributed by atoms with E-state index in [9.17, 15) is 9.59 Å². The molecule has 2 heterocycles. The molecule has 0 amide bonds. The van der Waals surface area contributed by atoms with Gasteiger partial charge >= 0.3 is 11.2 Å². The molecular formula is C20H15ClN4O3. The Balaban J connectivity index is 1.73. The van der Waals surface area contributed by atoms with Gasteiger partial charge in [0.05, 0.1) is 11.7 Å². The molecule has 4 rings (SSSR count). The summed E-state index contributed by atoms with van der Waals surface area (Å²) in [5.74, 6) is 0.685. The standard InChI is InChI=1S/C20H15ClN4O3/c1-2-9-28-14-6-3-12(4-7-14)11-22-25-19(26)18-17(24-20(25)27)15-10-13(21)5-8-16(15)23-18/h2-8,10-11,23H,1,9H2,(H,24,27). The number of halogens is 1. The Bertz CT molecular complexity index is 1330. The number of aromatic amines is 2. The number of rotatable bonds is 5. The molecule has 0 radical (unpaired) electrons. The topological polar surface area (TPSA) is 92.2 Å². The van der Waals surface area contributed by atoms with Gasteiger partial charge in [0.25, 0.3) is 0 Å². The van der Waals surface area contributed by atoms with Crippen LogP contribution in [0.1, 0.15) is 5.56 Å². The summed E-state index contributed by atoms with van der Waals surface area (Å²) in [5.41, 5.74) is 0.878. The van der Waals surface area contributed by atoms with Crippen LogP contribution in [0.25, 0.3) is 21.9 Å². The zero-order valence-electron chi connectivity index (χ0n) is 14.6. The molecule has 0 aliphatic carbocycles. The van der Waals surface area contributed by atoms with Crippen molar-refractivity contribution in [1.82, 2.24) is 14.6 Å². The summed E-state index contributed by atoms with van der Waals surface area (Å²) in [4.78, 5) is 30.8. The molecule has 0 unspecified atom stereocenters. The molecule has 2 N–H and O–H groups in total. The lowest BCUT2D eigenvalue weighted by Crippen LogP contribution is -2.32. The molecule has 2 aromatic heterocycles. The van der Waals surface area contributed by atoms with Gasteiger partial charge in [0.15, 0.2) is 0 Å². The summed E-state index contributed by atoms with van der Waals surface area (Å²) in [6, 6.07) is 12.2. The molecule has 8 heteroatoms. The fourth-order valence-corrected chi connectivity index (χ4v) is 3.02. The number of aromatic nitrogens is 3. The van der Waals surface area contributed by atoms with E-state index in [2.05, 4.69) is 21.6 Å². The fourth-order valence-electron chi connectivity index (χ4n) is 2.85. The van der Waals surface area contributed by atoms with Crippen LogP contribution in [0, 0.1) is 0 Å². The Kier molecular flexibility index (Phi) is 4.58. The first-order valence-corrected chi connectivity index (χ1v) is 8.79. The highest BCUT2D eigenvalue weighted by atomic mass is 35.5. The molecule has 0 fully saturated rings. The van der Waals surface area contributed by atoms with E-state index >= 15 is 0 Å². The van der Waals surface area contributed by atoms with Gasteiger partial charge in [-0.25, -0.2) is 4.79 Å². The van der Waals surface area contributed by atoms with Crippen molar-refractivity contribution in [3.8, 4) is 5.75 Å². The van der Waals surface area contributed by atoms with E-state index in [1.165, 1.54) is 6.21 Å². The van der Waals surface area contributed by atoms with E-state index in [0.717, 1.165) is 4.68 Å². The highest BCUT2D eigenvalue weighted by molar-refractivity contribution is 6.31. The summed E-state index contributed by atoms with van der Waals surface area (Å²) < 4.78 is 6.19. The zero-order chi connectivity index (χ0) is 19.7. The Morgan fingerprint density at radius 3 is 2.64 bits per heavy atom. The number of fused-ring (bicyclic) bond motifs is 3. The van der Waals surface area contributed by atoms with Gasteiger partial charge in [0.2, 0.25) is 0 Å². The van der Waals surface area contributed by atoms with Crippen molar-refractivity contribution in [2.24, 2.45) is 5.10 Å². The average molecular weight is 395 g/mol. The highest BCUT2D eigenvalue weighted by Crippen LogP contribution is 2.24. The number of hydrogen-bond donors (Lipinski definition) is 2. The Labute approximate surface area is 163 Å². The molecule has 7 nitrogen and oxygen atoms in total. The average Bonchev–Trinajstić information content (AvgIpc) is 3.05. The number of nitrogens with one attached hydrogen (secondary N) is 2. The predicted molar refractivity (Wildman–Crippen MR) is 111 cm³/mol. The molecule has 4 aromatic rings. The van der Waals surface area contributed by atoms with Crippen molar-refractivity contribution in [2.45, 2.75) is 0 Å². The molecule has 0 spiro atoms. The lowest BCUT2D eigenvalue weighted by atomic mass is 10.2. The van der Waals surface area contributed by atoms with Crippen molar-refractivity contribution in [3.05, 3.63) is 86.5 Å². The fraction of sp³-hybridized carbons (Fsp3) is 0.0500. The second kappa shape index (κ2) is 7.21. The molecule has 0 saturated carbocycles. The van der Waals surface area contributed by atoms with Gasteiger partial charge < -0.3 is 14.7 Å². The SMILES string of the molecule is C=CCOc1ccc(C=Nn2c(=O)[nH]c3c([nH]c4ccc(Cl)cc43)c2=O)cc1. The van der Waals surface area contributed by atoms with E-state index in [-0.39, 0.29) is 5.52 Å². The number of nitrogens with zero attached hydrogens (tertiary/aromatic N) is 2. The minimum absolute atomic E-state index is 0.252. The second-order valence-electron chi connectivity index (χ2n) is 6.03. The van der Waals surface area contributed by atoms with Crippen LogP contribution in [0.4, 0.5) is 0 Å². The van der Waals surface area contributed by atoms with Crippen molar-refractivity contribution < 1.29 is 4.74 Å². The van der Waals surface area contributed by atoms with Crippen LogP contribution in [0.5, 0.6) is 5.75 Å². The maximum atomic E-state index is 12.7. The van der Waals surface area contributed by atoms with E-state index in [0.29, 0.717) is 39.4 Å². The molecule has 0 bridgehead atoms. The largest absolute Gasteiger partial charge is 0.490 e. The molecule has 28 heavy (non-hydrogen) atoms. The van der Waals surface area contributed by atoms with Gasteiger partial charge in [-0.2, -0.15) is 5.10 Å². The Hall–Kier alpha value is -3.58. The number of H-pyrrole nitrogens is 2. The molecule has 0 atom stereocenters. The van der Waals surface area contributed by atoms with Crippen LogP contribution in [0.2, 0.25) is 5.02 Å². The Morgan fingerprint density at radius 2 is 1.89 bits per heavy atom. The van der Waals surface area contributed by atoms with Crippen LogP contribution in [0.3, 0.4) is 0 Å². The maximum absolute atomic E-state index is 12.7. The number of ether oxygens (including phenoxy) is 1. The molecule has 0 aliphatic heterocycles. The van der Waals surface area contributed by atoms with Crippen molar-refractivity contribution in [2.75, 3.05) is 6.61 Å². The number of hydrogen-bond acceptors (Lipinski definition) is 4. The van der Waals surface area contributed by atoms with Gasteiger partial charge in [-0.05, 0) is 48.0 Å². The van der Waals surface area contributed by atoms with Crippen molar-refractivity contribution >= 4 is 39.8 Å². The normalized spacial score (nSPS) is 11.5. The van der Waals surface area contributed by atoms with E-state index in [1.54, 1.807) is 48.5 Å². The van der Waals surface area contributed by atoms with Crippen LogP contribution < -0.4 is 16.0 Å². The molecule has 2 aromatic carbocycles. The van der Waals surface area contributed by atoms with Gasteiger partial charge in [-0.1, -0.05) is 24.3 Å². The van der Waals surface area contributed by atoms with E-state index in [4.69, 9.17) is 16.3 Å². The number of benzene rings is 2. The predicted octanol–water partition coefficient (Wildman–Crippen LogP) is 3.27. The van der Waals surface area contributed by atoms with Gasteiger partial charge in [0, 0.05) is 15.9 Å². The minimum Gasteiger partial charge on any atom is -0.490 e. The second-order valence-corrected chi connectivity index (χ2v) is 6.46. The van der Waals surface area contributed by atoms with Crippen LogP contribution in [-0.2, 0) is 0 Å². The summed E-state index contributed by atoms with van der Waals surface area (Å²) in [7, 11) is 0. The van der Waals surface area contributed by atoms with Crippen molar-refractivity contribution in [3.63, 3.8) is 0 Å². The quantitative estimate of drug-likeness (QED) is 0.402. The molecule has 140 valence electrons. The minimum atomic E-state index is -0.638. The van der Waals surface area contributed by atoms with Gasteiger partial charge in [-0.15, -0.1) is 4.68 Å². The first-order chi connectivity index (χ1) is 13.6. The molecule has 0 aliphatic rings. The highest BCUT2D eigenvalue weighted by Gasteiger charge is 2.12.